The van der Waals surface area contributed by atoms with Gasteiger partial charge in [-0.25, -0.2) is 4.79 Å². The van der Waals surface area contributed by atoms with E-state index >= 15 is 0 Å². The van der Waals surface area contributed by atoms with E-state index in [4.69, 9.17) is 10.8 Å². The van der Waals surface area contributed by atoms with Gasteiger partial charge in [0.1, 0.15) is 17.1 Å². The van der Waals surface area contributed by atoms with E-state index in [1.807, 2.05) is 6.07 Å². The lowest BCUT2D eigenvalue weighted by molar-refractivity contribution is 0.0693. The molecule has 0 amide bonds. The molecule has 124 valence electrons. The number of aromatic carboxylic acids is 1. The van der Waals surface area contributed by atoms with Crippen molar-refractivity contribution in [3.8, 4) is 40.3 Å². The molecule has 0 bridgehead atoms. The largest absolute Gasteiger partial charge is 0.508 e. The third-order valence-electron chi connectivity index (χ3n) is 3.70. The lowest BCUT2D eigenvalue weighted by Gasteiger charge is -2.05. The Morgan fingerprint density at radius 2 is 1.88 bits per heavy atom. The molecule has 2 aromatic carbocycles. The maximum atomic E-state index is 11.0. The Morgan fingerprint density at radius 3 is 2.52 bits per heavy atom. The molecule has 6 heteroatoms. The van der Waals surface area contributed by atoms with Gasteiger partial charge in [-0.2, -0.15) is 0 Å². The standard InChI is InChI=1S/C19H14N2O4/c20-7-6-13-10-21(11-17(13)12-2-1-3-15(22)8-12)14-4-5-16(19(24)25)18(23)9-14/h1-5,8-11,22-23H,20H2,(H,24,25). The molecule has 3 rings (SSSR count). The molecule has 1 heterocycles. The van der Waals surface area contributed by atoms with Crippen LogP contribution in [0.2, 0.25) is 0 Å². The molecule has 0 aliphatic rings. The molecular weight excluding hydrogens is 320 g/mol. The van der Waals surface area contributed by atoms with Gasteiger partial charge in [-0.3, -0.25) is 0 Å². The second-order valence-electron chi connectivity index (χ2n) is 5.32. The first kappa shape index (κ1) is 16.0. The summed E-state index contributed by atoms with van der Waals surface area (Å²) in [7, 11) is 0. The van der Waals surface area contributed by atoms with Gasteiger partial charge in [0.2, 0.25) is 0 Å². The number of hydrogen-bond donors (Lipinski definition) is 4. The van der Waals surface area contributed by atoms with Crippen LogP contribution in [0.15, 0.2) is 54.9 Å². The van der Waals surface area contributed by atoms with Gasteiger partial charge < -0.3 is 25.6 Å². The van der Waals surface area contributed by atoms with Crippen molar-refractivity contribution in [2.24, 2.45) is 5.73 Å². The zero-order valence-corrected chi connectivity index (χ0v) is 13.0. The topological polar surface area (TPSA) is 109 Å². The number of phenols is 2. The number of benzene rings is 2. The Bertz CT molecular complexity index is 1030. The van der Waals surface area contributed by atoms with E-state index in [9.17, 15) is 15.0 Å². The number of aromatic nitrogens is 1. The average Bonchev–Trinajstić information content (AvgIpc) is 2.99. The highest BCUT2D eigenvalue weighted by Gasteiger charge is 2.13. The fraction of sp³-hybridized carbons (Fsp3) is 0. The summed E-state index contributed by atoms with van der Waals surface area (Å²) >= 11 is 0. The molecule has 0 fully saturated rings. The molecule has 1 aromatic heterocycles. The van der Waals surface area contributed by atoms with Gasteiger partial charge in [0.25, 0.3) is 0 Å². The molecule has 0 saturated carbocycles. The zero-order valence-electron chi connectivity index (χ0n) is 13.0. The third kappa shape index (κ3) is 3.12. The summed E-state index contributed by atoms with van der Waals surface area (Å²) in [5, 5.41) is 28.6. The van der Waals surface area contributed by atoms with Gasteiger partial charge in [0, 0.05) is 35.8 Å². The highest BCUT2D eigenvalue weighted by molar-refractivity contribution is 5.91. The van der Waals surface area contributed by atoms with Crippen molar-refractivity contribution >= 4 is 5.97 Å². The van der Waals surface area contributed by atoms with Crippen molar-refractivity contribution in [1.29, 1.82) is 0 Å². The molecule has 5 N–H and O–H groups in total. The van der Waals surface area contributed by atoms with E-state index in [1.54, 1.807) is 41.2 Å². The molecular formula is C19H14N2O4. The average molecular weight is 334 g/mol. The molecule has 0 radical (unpaired) electrons. The number of rotatable bonds is 3. The number of aromatic hydroxyl groups is 2. The summed E-state index contributed by atoms with van der Waals surface area (Å²) in [6, 6.07) is 13.3. The molecule has 0 spiro atoms. The van der Waals surface area contributed by atoms with E-state index in [2.05, 4.69) is 12.0 Å². The van der Waals surface area contributed by atoms with Crippen LogP contribution in [0.25, 0.3) is 16.8 Å². The van der Waals surface area contributed by atoms with Crippen molar-refractivity contribution < 1.29 is 20.1 Å². The van der Waals surface area contributed by atoms with E-state index < -0.39 is 5.97 Å². The number of nitrogens with zero attached hydrogens (tertiary/aromatic N) is 1. The predicted molar refractivity (Wildman–Crippen MR) is 92.6 cm³/mol. The second-order valence-corrected chi connectivity index (χ2v) is 5.32. The van der Waals surface area contributed by atoms with Crippen molar-refractivity contribution in [3.05, 3.63) is 66.0 Å². The Kier molecular flexibility index (Phi) is 4.06. The minimum Gasteiger partial charge on any atom is -0.508 e. The van der Waals surface area contributed by atoms with Crippen LogP contribution >= 0.6 is 0 Å². The number of hydrogen-bond acceptors (Lipinski definition) is 4. The third-order valence-corrected chi connectivity index (χ3v) is 3.70. The van der Waals surface area contributed by atoms with Gasteiger partial charge in [-0.15, -0.1) is 0 Å². The highest BCUT2D eigenvalue weighted by Crippen LogP contribution is 2.29. The molecule has 0 aliphatic carbocycles. The van der Waals surface area contributed by atoms with Crippen LogP contribution in [0.5, 0.6) is 11.5 Å². The van der Waals surface area contributed by atoms with Crippen LogP contribution < -0.4 is 5.73 Å². The first-order chi connectivity index (χ1) is 12.0. The summed E-state index contributed by atoms with van der Waals surface area (Å²) in [6.45, 7) is 0. The number of carboxylic acid groups (broad SMARTS) is 1. The lowest BCUT2D eigenvalue weighted by Crippen LogP contribution is -1.98. The van der Waals surface area contributed by atoms with E-state index in [0.29, 0.717) is 11.3 Å². The van der Waals surface area contributed by atoms with Crippen molar-refractivity contribution in [1.82, 2.24) is 4.57 Å². The quantitative estimate of drug-likeness (QED) is 0.435. The molecule has 0 aliphatic heterocycles. The number of carbonyl (C=O) groups is 1. The van der Waals surface area contributed by atoms with Crippen molar-refractivity contribution in [2.45, 2.75) is 0 Å². The molecule has 3 aromatic rings. The predicted octanol–water partition coefficient (Wildman–Crippen LogP) is 2.52. The maximum absolute atomic E-state index is 11.0. The molecule has 0 atom stereocenters. The van der Waals surface area contributed by atoms with Gasteiger partial charge in [0.15, 0.2) is 0 Å². The van der Waals surface area contributed by atoms with E-state index in [-0.39, 0.29) is 17.1 Å². The summed E-state index contributed by atoms with van der Waals surface area (Å²) in [5.74, 6) is 1.39. The van der Waals surface area contributed by atoms with Crippen LogP contribution in [0.3, 0.4) is 0 Å². The fourth-order valence-electron chi connectivity index (χ4n) is 2.55. The highest BCUT2D eigenvalue weighted by atomic mass is 16.4. The number of nitrogens with two attached hydrogens (primary N) is 1. The summed E-state index contributed by atoms with van der Waals surface area (Å²) in [4.78, 5) is 11.0. The minimum atomic E-state index is -1.20. The Balaban J connectivity index is 2.12. The Hall–Kier alpha value is -3.85. The van der Waals surface area contributed by atoms with E-state index in [0.717, 1.165) is 11.1 Å². The summed E-state index contributed by atoms with van der Waals surface area (Å²) in [6.07, 6.45) is 3.48. The summed E-state index contributed by atoms with van der Waals surface area (Å²) < 4.78 is 1.70. The second kappa shape index (κ2) is 6.34. The SMILES string of the molecule is NC#Cc1cn(-c2ccc(C(=O)O)c(O)c2)cc1-c1cccc(O)c1. The van der Waals surface area contributed by atoms with Gasteiger partial charge in [-0.05, 0) is 35.7 Å². The van der Waals surface area contributed by atoms with E-state index in [1.165, 1.54) is 12.1 Å². The van der Waals surface area contributed by atoms with Gasteiger partial charge in [0.05, 0.1) is 5.56 Å². The van der Waals surface area contributed by atoms with Crippen molar-refractivity contribution in [3.63, 3.8) is 0 Å². The number of carboxylic acids is 1. The van der Waals surface area contributed by atoms with Gasteiger partial charge >= 0.3 is 5.97 Å². The molecule has 0 saturated heterocycles. The van der Waals surface area contributed by atoms with Crippen molar-refractivity contribution in [2.75, 3.05) is 0 Å². The first-order valence-electron chi connectivity index (χ1n) is 7.29. The lowest BCUT2D eigenvalue weighted by atomic mass is 10.1. The molecule has 25 heavy (non-hydrogen) atoms. The van der Waals surface area contributed by atoms with Gasteiger partial charge in [-0.1, -0.05) is 12.1 Å². The van der Waals surface area contributed by atoms with Crippen LogP contribution in [0.4, 0.5) is 0 Å². The zero-order chi connectivity index (χ0) is 18.0. The van der Waals surface area contributed by atoms with Crippen LogP contribution in [-0.4, -0.2) is 25.9 Å². The molecule has 0 unspecified atom stereocenters. The fourth-order valence-corrected chi connectivity index (χ4v) is 2.55. The summed E-state index contributed by atoms with van der Waals surface area (Å²) in [5.41, 5.74) is 7.86. The monoisotopic (exact) mass is 334 g/mol. The smallest absolute Gasteiger partial charge is 0.339 e. The normalized spacial score (nSPS) is 10.1. The number of phenolic OH excluding ortho intramolecular Hbond substituents is 1. The first-order valence-corrected chi connectivity index (χ1v) is 7.29. The van der Waals surface area contributed by atoms with Crippen LogP contribution in [0.1, 0.15) is 15.9 Å². The maximum Gasteiger partial charge on any atom is 0.339 e. The minimum absolute atomic E-state index is 0.125. The molecule has 6 nitrogen and oxygen atoms in total. The van der Waals surface area contributed by atoms with Crippen LogP contribution in [-0.2, 0) is 0 Å². The Labute approximate surface area is 143 Å². The van der Waals surface area contributed by atoms with Crippen LogP contribution in [0, 0.1) is 12.0 Å². The Morgan fingerprint density at radius 1 is 1.08 bits per heavy atom.